The first kappa shape index (κ1) is 26.4. The number of likely N-dealkylation sites (tertiary alicyclic amines) is 1. The van der Waals surface area contributed by atoms with Crippen molar-refractivity contribution >= 4 is 53.0 Å². The first-order chi connectivity index (χ1) is 17.1. The van der Waals surface area contributed by atoms with Crippen molar-refractivity contribution in [3.8, 4) is 0 Å². The molecule has 4 rings (SSSR count). The molecule has 3 amide bonds. The number of carbonyl (C=O) groups is 3. The summed E-state index contributed by atoms with van der Waals surface area (Å²) in [6.45, 7) is 8.79. The van der Waals surface area contributed by atoms with Crippen LogP contribution in [0.15, 0.2) is 52.3 Å². The molecule has 1 fully saturated rings. The molecule has 2 aromatic rings. The standard InChI is InChI=1S/C26H32N4O4S2/c1-16-23(31)28-21-14-17(8-9-22(21)35-16)24(32)27-19-6-5-7-20(15-19)36-29-18-10-12-30(13-11-18)25(33)34-26(2,3)4/h5-9,14-16,18,29H,10-13H2,1-4H3,(H,27,32)(H,28,31). The second-order valence-electron chi connectivity index (χ2n) is 9.90. The maximum Gasteiger partial charge on any atom is 0.410 e. The van der Waals surface area contributed by atoms with Crippen molar-refractivity contribution in [1.82, 2.24) is 9.62 Å². The Bertz CT molecular complexity index is 1140. The van der Waals surface area contributed by atoms with Gasteiger partial charge in [0.15, 0.2) is 0 Å². The number of benzene rings is 2. The minimum absolute atomic E-state index is 0.0576. The second kappa shape index (κ2) is 11.1. The number of hydrogen-bond donors (Lipinski definition) is 3. The highest BCUT2D eigenvalue weighted by Crippen LogP contribution is 2.36. The van der Waals surface area contributed by atoms with Gasteiger partial charge in [-0.3, -0.25) is 14.3 Å². The van der Waals surface area contributed by atoms with E-state index in [1.165, 1.54) is 23.7 Å². The van der Waals surface area contributed by atoms with Gasteiger partial charge in [0.25, 0.3) is 5.91 Å². The Labute approximate surface area is 220 Å². The number of piperidine rings is 1. The lowest BCUT2D eigenvalue weighted by Crippen LogP contribution is -2.45. The van der Waals surface area contributed by atoms with Crippen LogP contribution in [0, 0.1) is 0 Å². The lowest BCUT2D eigenvalue weighted by atomic mass is 10.1. The molecule has 10 heteroatoms. The van der Waals surface area contributed by atoms with Gasteiger partial charge in [0.05, 0.1) is 10.9 Å². The number of ether oxygens (including phenoxy) is 1. The van der Waals surface area contributed by atoms with E-state index in [-0.39, 0.29) is 29.2 Å². The number of nitrogens with one attached hydrogen (secondary N) is 3. The van der Waals surface area contributed by atoms with E-state index < -0.39 is 5.60 Å². The highest BCUT2D eigenvalue weighted by molar-refractivity contribution is 8.01. The van der Waals surface area contributed by atoms with Gasteiger partial charge in [0.2, 0.25) is 5.91 Å². The molecule has 2 aliphatic heterocycles. The van der Waals surface area contributed by atoms with Crippen LogP contribution in [0.4, 0.5) is 16.2 Å². The van der Waals surface area contributed by atoms with Crippen molar-refractivity contribution in [3.63, 3.8) is 0 Å². The normalized spacial score (nSPS) is 18.3. The van der Waals surface area contributed by atoms with Gasteiger partial charge in [-0.05, 0) is 88.9 Å². The summed E-state index contributed by atoms with van der Waals surface area (Å²) in [4.78, 5) is 40.8. The summed E-state index contributed by atoms with van der Waals surface area (Å²) < 4.78 is 8.94. The smallest absolute Gasteiger partial charge is 0.410 e. The molecule has 192 valence electrons. The van der Waals surface area contributed by atoms with E-state index in [2.05, 4.69) is 15.4 Å². The summed E-state index contributed by atoms with van der Waals surface area (Å²) in [6, 6.07) is 13.3. The largest absolute Gasteiger partial charge is 0.444 e. The van der Waals surface area contributed by atoms with Crippen molar-refractivity contribution in [2.45, 2.75) is 67.2 Å². The maximum atomic E-state index is 12.8. The van der Waals surface area contributed by atoms with Crippen molar-refractivity contribution in [1.29, 1.82) is 0 Å². The highest BCUT2D eigenvalue weighted by atomic mass is 32.2. The van der Waals surface area contributed by atoms with Crippen molar-refractivity contribution in [2.75, 3.05) is 23.7 Å². The predicted molar refractivity (Wildman–Crippen MR) is 145 cm³/mol. The molecule has 0 spiro atoms. The topological polar surface area (TPSA) is 99.8 Å². The fourth-order valence-corrected chi connectivity index (χ4v) is 5.65. The molecule has 1 atom stereocenters. The minimum Gasteiger partial charge on any atom is -0.444 e. The van der Waals surface area contributed by atoms with Gasteiger partial charge in [0, 0.05) is 40.2 Å². The Morgan fingerprint density at radius 1 is 1.14 bits per heavy atom. The summed E-state index contributed by atoms with van der Waals surface area (Å²) >= 11 is 3.00. The van der Waals surface area contributed by atoms with Crippen LogP contribution >= 0.6 is 23.7 Å². The van der Waals surface area contributed by atoms with Gasteiger partial charge < -0.3 is 20.3 Å². The maximum absolute atomic E-state index is 12.8. The molecule has 0 bridgehead atoms. The lowest BCUT2D eigenvalue weighted by molar-refractivity contribution is -0.115. The number of carbonyl (C=O) groups excluding carboxylic acids is 3. The van der Waals surface area contributed by atoms with Crippen molar-refractivity contribution in [3.05, 3.63) is 48.0 Å². The first-order valence-electron chi connectivity index (χ1n) is 12.0. The molecular formula is C26H32N4O4S2. The summed E-state index contributed by atoms with van der Waals surface area (Å²) in [6.07, 6.45) is 1.43. The van der Waals surface area contributed by atoms with Crippen LogP contribution in [-0.2, 0) is 9.53 Å². The fourth-order valence-electron chi connectivity index (χ4n) is 3.85. The Morgan fingerprint density at radius 3 is 2.61 bits per heavy atom. The number of fused-ring (bicyclic) bond motifs is 1. The highest BCUT2D eigenvalue weighted by Gasteiger charge is 2.27. The Balaban J connectivity index is 1.28. The van der Waals surface area contributed by atoms with Crippen LogP contribution in [0.2, 0.25) is 0 Å². The monoisotopic (exact) mass is 528 g/mol. The number of nitrogens with zero attached hydrogens (tertiary/aromatic N) is 1. The van der Waals surface area contributed by atoms with Crippen LogP contribution in [-0.4, -0.2) is 52.8 Å². The van der Waals surface area contributed by atoms with Gasteiger partial charge in [-0.25, -0.2) is 4.79 Å². The lowest BCUT2D eigenvalue weighted by Gasteiger charge is -2.33. The molecule has 0 aromatic heterocycles. The molecule has 8 nitrogen and oxygen atoms in total. The number of hydrogen-bond acceptors (Lipinski definition) is 7. The van der Waals surface area contributed by atoms with E-state index in [1.807, 2.05) is 58.0 Å². The Kier molecular flexibility index (Phi) is 8.17. The van der Waals surface area contributed by atoms with Gasteiger partial charge in [-0.15, -0.1) is 11.8 Å². The van der Waals surface area contributed by atoms with Crippen LogP contribution in [0.3, 0.4) is 0 Å². The fraction of sp³-hybridized carbons (Fsp3) is 0.423. The molecule has 0 radical (unpaired) electrons. The molecule has 2 heterocycles. The third-order valence-corrected chi connectivity index (χ3v) is 7.87. The van der Waals surface area contributed by atoms with E-state index in [4.69, 9.17) is 4.74 Å². The van der Waals surface area contributed by atoms with E-state index >= 15 is 0 Å². The second-order valence-corrected chi connectivity index (χ2v) is 12.2. The Hall–Kier alpha value is -2.69. The average molecular weight is 529 g/mol. The zero-order valence-electron chi connectivity index (χ0n) is 20.9. The summed E-state index contributed by atoms with van der Waals surface area (Å²) in [5.41, 5.74) is 1.35. The van der Waals surface area contributed by atoms with Crippen molar-refractivity contribution in [2.24, 2.45) is 0 Å². The molecular weight excluding hydrogens is 496 g/mol. The average Bonchev–Trinajstić information content (AvgIpc) is 2.82. The van der Waals surface area contributed by atoms with Gasteiger partial charge in [-0.1, -0.05) is 6.07 Å². The molecule has 2 aromatic carbocycles. The molecule has 1 unspecified atom stereocenters. The number of rotatable bonds is 5. The van der Waals surface area contributed by atoms with Gasteiger partial charge in [-0.2, -0.15) is 0 Å². The number of amides is 3. The van der Waals surface area contributed by atoms with Crippen LogP contribution < -0.4 is 15.4 Å². The summed E-state index contributed by atoms with van der Waals surface area (Å²) in [5.74, 6) is -0.293. The molecule has 0 aliphatic carbocycles. The van der Waals surface area contributed by atoms with Crippen LogP contribution in [0.5, 0.6) is 0 Å². The van der Waals surface area contributed by atoms with Crippen LogP contribution in [0.1, 0.15) is 50.9 Å². The first-order valence-corrected chi connectivity index (χ1v) is 13.7. The SMILES string of the molecule is CC1Sc2ccc(C(=O)Nc3cccc(SNC4CCN(C(=O)OC(C)(C)C)CC4)c3)cc2NC1=O. The molecule has 36 heavy (non-hydrogen) atoms. The molecule has 0 saturated carbocycles. The van der Waals surface area contributed by atoms with Gasteiger partial charge in [0.1, 0.15) is 5.60 Å². The third-order valence-electron chi connectivity index (χ3n) is 5.75. The minimum atomic E-state index is -0.490. The van der Waals surface area contributed by atoms with E-state index in [1.54, 1.807) is 17.0 Å². The van der Waals surface area contributed by atoms with E-state index in [0.717, 1.165) is 22.6 Å². The summed E-state index contributed by atoms with van der Waals surface area (Å²) in [7, 11) is 0. The molecule has 2 aliphatic rings. The number of thioether (sulfide) groups is 1. The Morgan fingerprint density at radius 2 is 1.89 bits per heavy atom. The zero-order valence-corrected chi connectivity index (χ0v) is 22.6. The zero-order chi connectivity index (χ0) is 25.9. The van der Waals surface area contributed by atoms with Crippen LogP contribution in [0.25, 0.3) is 0 Å². The summed E-state index contributed by atoms with van der Waals surface area (Å²) in [5, 5.41) is 5.66. The van der Waals surface area contributed by atoms with E-state index in [9.17, 15) is 14.4 Å². The predicted octanol–water partition coefficient (Wildman–Crippen LogP) is 5.37. The quantitative estimate of drug-likeness (QED) is 0.449. The van der Waals surface area contributed by atoms with E-state index in [0.29, 0.717) is 30.0 Å². The molecule has 1 saturated heterocycles. The molecule has 3 N–H and O–H groups in total. The third kappa shape index (κ3) is 6.96. The number of anilines is 2. The van der Waals surface area contributed by atoms with Crippen molar-refractivity contribution < 1.29 is 19.1 Å². The van der Waals surface area contributed by atoms with Gasteiger partial charge >= 0.3 is 6.09 Å².